The van der Waals surface area contributed by atoms with Crippen molar-refractivity contribution < 1.29 is 9.84 Å². The van der Waals surface area contributed by atoms with Crippen molar-refractivity contribution in [3.8, 4) is 0 Å². The molecule has 0 unspecified atom stereocenters. The van der Waals surface area contributed by atoms with Gasteiger partial charge in [0.25, 0.3) is 0 Å². The second-order valence-corrected chi connectivity index (χ2v) is 3.94. The second kappa shape index (κ2) is 2.46. The molecule has 0 aromatic rings. The monoisotopic (exact) mass is 156 g/mol. The lowest BCUT2D eigenvalue weighted by Gasteiger charge is -2.35. The standard InChI is InChI=1S/C9H16O2/c1-2-9(10)5-7-3-4-8(6-9)11-7/h7-8,10H,2-6H2,1H3/t7-,8+,9-. The molecule has 1 N–H and O–H groups in total. The zero-order valence-corrected chi connectivity index (χ0v) is 7.05. The Hall–Kier alpha value is -0.0800. The van der Waals surface area contributed by atoms with Crippen molar-refractivity contribution in [2.45, 2.75) is 56.8 Å². The zero-order valence-electron chi connectivity index (χ0n) is 7.05. The summed E-state index contributed by atoms with van der Waals surface area (Å²) in [6.45, 7) is 2.06. The first-order valence-electron chi connectivity index (χ1n) is 4.60. The van der Waals surface area contributed by atoms with Crippen LogP contribution in [0.3, 0.4) is 0 Å². The Morgan fingerprint density at radius 3 is 2.36 bits per heavy atom. The van der Waals surface area contributed by atoms with Crippen LogP contribution in [0.5, 0.6) is 0 Å². The van der Waals surface area contributed by atoms with Crippen LogP contribution >= 0.6 is 0 Å². The number of ether oxygens (including phenoxy) is 1. The molecule has 2 heteroatoms. The number of rotatable bonds is 1. The maximum atomic E-state index is 9.98. The van der Waals surface area contributed by atoms with Gasteiger partial charge in [-0.05, 0) is 19.3 Å². The summed E-state index contributed by atoms with van der Waals surface area (Å²) in [5.41, 5.74) is -0.399. The minimum absolute atomic E-state index is 0.360. The highest BCUT2D eigenvalue weighted by Gasteiger charge is 2.42. The summed E-state index contributed by atoms with van der Waals surface area (Å²) in [7, 11) is 0. The molecule has 64 valence electrons. The maximum absolute atomic E-state index is 9.98. The van der Waals surface area contributed by atoms with Crippen LogP contribution in [-0.4, -0.2) is 22.9 Å². The van der Waals surface area contributed by atoms with E-state index in [4.69, 9.17) is 4.74 Å². The topological polar surface area (TPSA) is 29.5 Å². The molecular formula is C9H16O2. The van der Waals surface area contributed by atoms with Gasteiger partial charge < -0.3 is 9.84 Å². The maximum Gasteiger partial charge on any atom is 0.0694 e. The number of aliphatic hydroxyl groups is 1. The van der Waals surface area contributed by atoms with Crippen LogP contribution in [0.1, 0.15) is 39.0 Å². The molecule has 0 spiro atoms. The van der Waals surface area contributed by atoms with E-state index >= 15 is 0 Å². The first-order chi connectivity index (χ1) is 5.22. The first kappa shape index (κ1) is 7.56. The summed E-state index contributed by atoms with van der Waals surface area (Å²) >= 11 is 0. The molecule has 0 saturated carbocycles. The summed E-state index contributed by atoms with van der Waals surface area (Å²) in [5.74, 6) is 0. The van der Waals surface area contributed by atoms with E-state index in [1.807, 2.05) is 0 Å². The van der Waals surface area contributed by atoms with E-state index in [2.05, 4.69) is 6.92 Å². The van der Waals surface area contributed by atoms with E-state index in [0.29, 0.717) is 12.2 Å². The van der Waals surface area contributed by atoms with Crippen LogP contribution in [-0.2, 0) is 4.74 Å². The van der Waals surface area contributed by atoms with Gasteiger partial charge in [0.1, 0.15) is 0 Å². The van der Waals surface area contributed by atoms with Gasteiger partial charge in [0.15, 0.2) is 0 Å². The molecule has 0 radical (unpaired) electrons. The van der Waals surface area contributed by atoms with Crippen molar-refractivity contribution in [2.24, 2.45) is 0 Å². The van der Waals surface area contributed by atoms with Crippen LogP contribution < -0.4 is 0 Å². The molecule has 2 rings (SSSR count). The van der Waals surface area contributed by atoms with Crippen molar-refractivity contribution in [1.29, 1.82) is 0 Å². The van der Waals surface area contributed by atoms with Gasteiger partial charge in [-0.2, -0.15) is 0 Å². The van der Waals surface area contributed by atoms with Gasteiger partial charge in [-0.3, -0.25) is 0 Å². The zero-order chi connectivity index (χ0) is 7.90. The lowest BCUT2D eigenvalue weighted by atomic mass is 9.88. The summed E-state index contributed by atoms with van der Waals surface area (Å²) in [5, 5.41) is 9.98. The molecule has 2 bridgehead atoms. The average Bonchev–Trinajstić information content (AvgIpc) is 2.31. The van der Waals surface area contributed by atoms with Gasteiger partial charge in [0.2, 0.25) is 0 Å². The quantitative estimate of drug-likeness (QED) is 0.623. The molecule has 2 aliphatic heterocycles. The van der Waals surface area contributed by atoms with Crippen molar-refractivity contribution in [3.05, 3.63) is 0 Å². The summed E-state index contributed by atoms with van der Waals surface area (Å²) in [6.07, 6.45) is 5.64. The smallest absolute Gasteiger partial charge is 0.0694 e. The molecule has 2 nitrogen and oxygen atoms in total. The Balaban J connectivity index is 2.07. The van der Waals surface area contributed by atoms with Crippen LogP contribution in [0.15, 0.2) is 0 Å². The largest absolute Gasteiger partial charge is 0.390 e. The molecule has 0 aliphatic carbocycles. The molecule has 0 aromatic heterocycles. The van der Waals surface area contributed by atoms with E-state index in [1.54, 1.807) is 0 Å². The highest BCUT2D eigenvalue weighted by atomic mass is 16.5. The molecule has 3 atom stereocenters. The van der Waals surface area contributed by atoms with Gasteiger partial charge in [-0.25, -0.2) is 0 Å². The Labute approximate surface area is 67.6 Å². The number of fused-ring (bicyclic) bond motifs is 2. The van der Waals surface area contributed by atoms with Gasteiger partial charge in [-0.15, -0.1) is 0 Å². The molecule has 11 heavy (non-hydrogen) atoms. The van der Waals surface area contributed by atoms with Gasteiger partial charge in [0.05, 0.1) is 17.8 Å². The van der Waals surface area contributed by atoms with Gasteiger partial charge >= 0.3 is 0 Å². The Kier molecular flexibility index (Phi) is 1.69. The Morgan fingerprint density at radius 2 is 1.91 bits per heavy atom. The van der Waals surface area contributed by atoms with E-state index in [0.717, 1.165) is 32.1 Å². The average molecular weight is 156 g/mol. The van der Waals surface area contributed by atoms with E-state index in [9.17, 15) is 5.11 Å². The minimum atomic E-state index is -0.399. The van der Waals surface area contributed by atoms with Crippen molar-refractivity contribution in [2.75, 3.05) is 0 Å². The molecule has 2 heterocycles. The molecule has 0 amide bonds. The summed E-state index contributed by atoms with van der Waals surface area (Å²) < 4.78 is 5.63. The minimum Gasteiger partial charge on any atom is -0.390 e. The predicted molar refractivity (Wildman–Crippen MR) is 42.4 cm³/mol. The van der Waals surface area contributed by atoms with E-state index < -0.39 is 5.60 Å². The van der Waals surface area contributed by atoms with Crippen LogP contribution in [0.25, 0.3) is 0 Å². The normalized spacial score (nSPS) is 49.6. The van der Waals surface area contributed by atoms with Crippen molar-refractivity contribution in [1.82, 2.24) is 0 Å². The highest BCUT2D eigenvalue weighted by Crippen LogP contribution is 2.39. The predicted octanol–water partition coefficient (Wildman–Crippen LogP) is 1.47. The third-order valence-electron chi connectivity index (χ3n) is 3.07. The molecular weight excluding hydrogens is 140 g/mol. The third kappa shape index (κ3) is 1.30. The molecule has 0 aromatic carbocycles. The third-order valence-corrected chi connectivity index (χ3v) is 3.07. The van der Waals surface area contributed by atoms with Crippen molar-refractivity contribution >= 4 is 0 Å². The van der Waals surface area contributed by atoms with Gasteiger partial charge in [0, 0.05) is 12.8 Å². The molecule has 2 aliphatic rings. The second-order valence-electron chi connectivity index (χ2n) is 3.94. The van der Waals surface area contributed by atoms with Crippen LogP contribution in [0.4, 0.5) is 0 Å². The summed E-state index contributed by atoms with van der Waals surface area (Å²) in [4.78, 5) is 0. The summed E-state index contributed by atoms with van der Waals surface area (Å²) in [6, 6.07) is 0. The lowest BCUT2D eigenvalue weighted by Crippen LogP contribution is -2.40. The van der Waals surface area contributed by atoms with Crippen LogP contribution in [0, 0.1) is 0 Å². The SMILES string of the molecule is CC[C@@]1(O)C[C@H]2CC[C@@H](C1)O2. The Morgan fingerprint density at radius 1 is 1.36 bits per heavy atom. The Bertz CT molecular complexity index is 144. The van der Waals surface area contributed by atoms with Crippen LogP contribution in [0.2, 0.25) is 0 Å². The highest BCUT2D eigenvalue weighted by molar-refractivity contribution is 4.93. The fraction of sp³-hybridized carbons (Fsp3) is 1.00. The van der Waals surface area contributed by atoms with Gasteiger partial charge in [-0.1, -0.05) is 6.92 Å². The number of hydrogen-bond donors (Lipinski definition) is 1. The van der Waals surface area contributed by atoms with E-state index in [-0.39, 0.29) is 0 Å². The number of hydrogen-bond acceptors (Lipinski definition) is 2. The fourth-order valence-electron chi connectivity index (χ4n) is 2.30. The molecule has 2 fully saturated rings. The molecule has 2 saturated heterocycles. The first-order valence-corrected chi connectivity index (χ1v) is 4.60. The fourth-order valence-corrected chi connectivity index (χ4v) is 2.30. The van der Waals surface area contributed by atoms with Crippen molar-refractivity contribution in [3.63, 3.8) is 0 Å². The lowest BCUT2D eigenvalue weighted by molar-refractivity contribution is -0.112. The van der Waals surface area contributed by atoms with E-state index in [1.165, 1.54) is 0 Å².